The molecule has 1 aliphatic rings. The Balaban J connectivity index is 1.86. The Morgan fingerprint density at radius 1 is 1.22 bits per heavy atom. The normalized spacial score (nSPS) is 16.6. The highest BCUT2D eigenvalue weighted by Gasteiger charge is 2.16. The van der Waals surface area contributed by atoms with E-state index in [1.165, 1.54) is 32.2 Å². The van der Waals surface area contributed by atoms with E-state index in [0.717, 1.165) is 12.5 Å². The van der Waals surface area contributed by atoms with Crippen molar-refractivity contribution in [2.75, 3.05) is 46.6 Å². The first-order chi connectivity index (χ1) is 8.68. The Kier molecular flexibility index (Phi) is 7.96. The molecule has 0 saturated heterocycles. The molecule has 1 N–H and O–H groups in total. The van der Waals surface area contributed by atoms with Gasteiger partial charge in [-0.2, -0.15) is 0 Å². The summed E-state index contributed by atoms with van der Waals surface area (Å²) in [4.78, 5) is 12.5. The number of hydrogen-bond donors (Lipinski definition) is 1. The average Bonchev–Trinajstić information content (AvgIpc) is 2.80. The summed E-state index contributed by atoms with van der Waals surface area (Å²) < 4.78 is 10.3. The number of hydrogen-bond acceptors (Lipinski definition) is 4. The van der Waals surface area contributed by atoms with E-state index in [4.69, 9.17) is 14.6 Å². The monoisotopic (exact) mass is 259 g/mol. The van der Waals surface area contributed by atoms with E-state index in [9.17, 15) is 4.79 Å². The van der Waals surface area contributed by atoms with Crippen LogP contribution in [0.4, 0.5) is 0 Å². The minimum absolute atomic E-state index is 0.245. The van der Waals surface area contributed by atoms with Crippen LogP contribution in [0.1, 0.15) is 25.7 Å². The second-order valence-electron chi connectivity index (χ2n) is 4.97. The molecule has 1 saturated carbocycles. The summed E-state index contributed by atoms with van der Waals surface area (Å²) >= 11 is 0. The molecule has 0 aromatic carbocycles. The smallest absolute Gasteiger partial charge is 0.329 e. The molecule has 0 unspecified atom stereocenters. The lowest BCUT2D eigenvalue weighted by molar-refractivity contribution is -0.142. The maximum absolute atomic E-state index is 10.2. The van der Waals surface area contributed by atoms with Gasteiger partial charge in [-0.25, -0.2) is 4.79 Å². The molecule has 0 aromatic heterocycles. The van der Waals surface area contributed by atoms with Crippen molar-refractivity contribution in [1.29, 1.82) is 0 Å². The van der Waals surface area contributed by atoms with Crippen molar-refractivity contribution in [3.8, 4) is 0 Å². The molecule has 0 atom stereocenters. The standard InChI is InChI=1S/C13H25NO4/c1-14(10-12-4-2-3-5-12)6-7-17-8-9-18-11-13(15)16/h12H,2-11H2,1H3,(H,15,16). The van der Waals surface area contributed by atoms with Crippen LogP contribution in [0.15, 0.2) is 0 Å². The minimum atomic E-state index is -0.939. The molecule has 0 aromatic rings. The fourth-order valence-electron chi connectivity index (χ4n) is 2.32. The molecular formula is C13H25NO4. The molecule has 18 heavy (non-hydrogen) atoms. The molecule has 1 aliphatic carbocycles. The van der Waals surface area contributed by atoms with Crippen LogP contribution in [-0.4, -0.2) is 62.5 Å². The molecule has 0 heterocycles. The minimum Gasteiger partial charge on any atom is -0.480 e. The lowest BCUT2D eigenvalue weighted by Gasteiger charge is -2.20. The molecule has 0 aliphatic heterocycles. The molecular weight excluding hydrogens is 234 g/mol. The number of aliphatic carboxylic acids is 1. The Labute approximate surface area is 109 Å². The SMILES string of the molecule is CN(CCOCCOCC(=O)O)CC1CCCC1. The van der Waals surface area contributed by atoms with Gasteiger partial charge in [0.05, 0.1) is 19.8 Å². The van der Waals surface area contributed by atoms with Crippen LogP contribution >= 0.6 is 0 Å². The lowest BCUT2D eigenvalue weighted by Crippen LogP contribution is -2.28. The van der Waals surface area contributed by atoms with Gasteiger partial charge in [0, 0.05) is 13.1 Å². The van der Waals surface area contributed by atoms with Crippen molar-refractivity contribution >= 4 is 5.97 Å². The van der Waals surface area contributed by atoms with Crippen molar-refractivity contribution < 1.29 is 19.4 Å². The fourth-order valence-corrected chi connectivity index (χ4v) is 2.32. The Bertz CT molecular complexity index is 229. The van der Waals surface area contributed by atoms with Gasteiger partial charge in [-0.05, 0) is 25.8 Å². The van der Waals surface area contributed by atoms with Crippen LogP contribution < -0.4 is 0 Å². The molecule has 1 rings (SSSR count). The second-order valence-corrected chi connectivity index (χ2v) is 4.97. The summed E-state index contributed by atoms with van der Waals surface area (Å²) in [7, 11) is 2.13. The highest BCUT2D eigenvalue weighted by Crippen LogP contribution is 2.24. The van der Waals surface area contributed by atoms with Crippen molar-refractivity contribution in [2.24, 2.45) is 5.92 Å². The van der Waals surface area contributed by atoms with Gasteiger partial charge in [-0.3, -0.25) is 0 Å². The molecule has 0 amide bonds. The second kappa shape index (κ2) is 9.30. The van der Waals surface area contributed by atoms with Gasteiger partial charge >= 0.3 is 5.97 Å². The van der Waals surface area contributed by atoms with Crippen LogP contribution in [-0.2, 0) is 14.3 Å². The molecule has 5 nitrogen and oxygen atoms in total. The van der Waals surface area contributed by atoms with Crippen molar-refractivity contribution in [3.63, 3.8) is 0 Å². The fraction of sp³-hybridized carbons (Fsp3) is 0.923. The molecule has 0 bridgehead atoms. The van der Waals surface area contributed by atoms with E-state index in [-0.39, 0.29) is 6.61 Å². The highest BCUT2D eigenvalue weighted by molar-refractivity contribution is 5.67. The van der Waals surface area contributed by atoms with Gasteiger partial charge < -0.3 is 19.5 Å². The number of carboxylic acid groups (broad SMARTS) is 1. The molecule has 1 fully saturated rings. The van der Waals surface area contributed by atoms with E-state index in [0.29, 0.717) is 19.8 Å². The summed E-state index contributed by atoms with van der Waals surface area (Å²) in [5.41, 5.74) is 0. The third kappa shape index (κ3) is 7.63. The van der Waals surface area contributed by atoms with Crippen LogP contribution in [0.2, 0.25) is 0 Å². The molecule has 0 spiro atoms. The zero-order valence-electron chi connectivity index (χ0n) is 11.3. The van der Waals surface area contributed by atoms with Crippen LogP contribution in [0, 0.1) is 5.92 Å². The topological polar surface area (TPSA) is 59.0 Å². The van der Waals surface area contributed by atoms with Crippen molar-refractivity contribution in [3.05, 3.63) is 0 Å². The van der Waals surface area contributed by atoms with Gasteiger partial charge in [0.2, 0.25) is 0 Å². The predicted octanol–water partition coefficient (Wildman–Crippen LogP) is 1.23. The number of nitrogens with zero attached hydrogens (tertiary/aromatic N) is 1. The van der Waals surface area contributed by atoms with Gasteiger partial charge in [-0.1, -0.05) is 12.8 Å². The number of rotatable bonds is 10. The molecule has 5 heteroatoms. The first kappa shape index (κ1) is 15.4. The van der Waals surface area contributed by atoms with Crippen LogP contribution in [0.3, 0.4) is 0 Å². The van der Waals surface area contributed by atoms with Crippen molar-refractivity contribution in [2.45, 2.75) is 25.7 Å². The summed E-state index contributed by atoms with van der Waals surface area (Å²) in [5, 5.41) is 8.35. The number of carbonyl (C=O) groups is 1. The Morgan fingerprint density at radius 3 is 2.56 bits per heavy atom. The summed E-state index contributed by atoms with van der Waals surface area (Å²) in [6.45, 7) is 3.34. The van der Waals surface area contributed by atoms with E-state index in [2.05, 4.69) is 11.9 Å². The lowest BCUT2D eigenvalue weighted by atomic mass is 10.1. The van der Waals surface area contributed by atoms with Gasteiger partial charge in [-0.15, -0.1) is 0 Å². The maximum Gasteiger partial charge on any atom is 0.329 e. The third-order valence-electron chi connectivity index (χ3n) is 3.26. The van der Waals surface area contributed by atoms with Crippen LogP contribution in [0.25, 0.3) is 0 Å². The van der Waals surface area contributed by atoms with Crippen LogP contribution in [0.5, 0.6) is 0 Å². The number of ether oxygens (including phenoxy) is 2. The zero-order valence-corrected chi connectivity index (χ0v) is 11.3. The van der Waals surface area contributed by atoms with E-state index < -0.39 is 5.97 Å². The van der Waals surface area contributed by atoms with Gasteiger partial charge in [0.25, 0.3) is 0 Å². The third-order valence-corrected chi connectivity index (χ3v) is 3.26. The van der Waals surface area contributed by atoms with Crippen molar-refractivity contribution in [1.82, 2.24) is 4.90 Å². The average molecular weight is 259 g/mol. The summed E-state index contributed by atoms with van der Waals surface area (Å²) in [6, 6.07) is 0. The van der Waals surface area contributed by atoms with E-state index in [1.54, 1.807) is 0 Å². The van der Waals surface area contributed by atoms with Gasteiger partial charge in [0.1, 0.15) is 6.61 Å². The zero-order chi connectivity index (χ0) is 13.2. The van der Waals surface area contributed by atoms with E-state index in [1.807, 2.05) is 0 Å². The van der Waals surface area contributed by atoms with Gasteiger partial charge in [0.15, 0.2) is 0 Å². The Hall–Kier alpha value is -0.650. The number of likely N-dealkylation sites (N-methyl/N-ethyl adjacent to an activating group) is 1. The molecule has 106 valence electrons. The largest absolute Gasteiger partial charge is 0.480 e. The first-order valence-corrected chi connectivity index (χ1v) is 6.74. The Morgan fingerprint density at radius 2 is 1.89 bits per heavy atom. The first-order valence-electron chi connectivity index (χ1n) is 6.74. The summed E-state index contributed by atoms with van der Waals surface area (Å²) in [5.74, 6) is -0.0693. The maximum atomic E-state index is 10.2. The molecule has 0 radical (unpaired) electrons. The summed E-state index contributed by atoms with van der Waals surface area (Å²) in [6.07, 6.45) is 5.51. The predicted molar refractivity (Wildman–Crippen MR) is 68.7 cm³/mol. The van der Waals surface area contributed by atoms with E-state index >= 15 is 0 Å². The highest BCUT2D eigenvalue weighted by atomic mass is 16.5. The number of carboxylic acids is 1. The quantitative estimate of drug-likeness (QED) is 0.598.